The molecular formula is C31H30ClNO6S. The second kappa shape index (κ2) is 13.6. The van der Waals surface area contributed by atoms with E-state index < -0.39 is 28.5 Å². The Hall–Kier alpha value is -3.69. The second-order valence-electron chi connectivity index (χ2n) is 9.34. The third-order valence-corrected chi connectivity index (χ3v) is 8.38. The van der Waals surface area contributed by atoms with Crippen molar-refractivity contribution in [3.8, 4) is 5.75 Å². The molecule has 4 rings (SSSR count). The van der Waals surface area contributed by atoms with E-state index in [0.29, 0.717) is 31.1 Å². The lowest BCUT2D eigenvalue weighted by Crippen LogP contribution is -2.30. The fraction of sp³-hybridized carbons (Fsp3) is 0.194. The van der Waals surface area contributed by atoms with Crippen LogP contribution < -0.4 is 4.74 Å². The standard InChI is InChI=1S/C31H30ClNO6S/c32-26-8-4-7-25(19-26)30(34)21-33(20-24-5-2-1-3-6-24)18-17-23-9-13-28(14-10-23)40(37,38)29-15-11-27(12-16-29)39-22-31(35)36/h1-16,19,30,34H,17-18,20-22H2,(H,35,36). The lowest BCUT2D eigenvalue weighted by Gasteiger charge is -2.25. The van der Waals surface area contributed by atoms with E-state index in [2.05, 4.69) is 4.90 Å². The Bertz CT molecular complexity index is 1510. The summed E-state index contributed by atoms with van der Waals surface area (Å²) in [5.41, 5.74) is 2.84. The van der Waals surface area contributed by atoms with Crippen LogP contribution in [0.15, 0.2) is 113 Å². The molecular weight excluding hydrogens is 550 g/mol. The molecule has 0 aromatic heterocycles. The normalized spacial score (nSPS) is 12.3. The Kier molecular flexibility index (Phi) is 9.95. The van der Waals surface area contributed by atoms with E-state index in [1.54, 1.807) is 36.4 Å². The number of aliphatic carboxylic acids is 1. The van der Waals surface area contributed by atoms with Crippen LogP contribution >= 0.6 is 11.6 Å². The summed E-state index contributed by atoms with van der Waals surface area (Å²) < 4.78 is 31.3. The molecule has 0 aliphatic rings. The molecule has 40 heavy (non-hydrogen) atoms. The van der Waals surface area contributed by atoms with Gasteiger partial charge in [0.25, 0.3) is 0 Å². The van der Waals surface area contributed by atoms with Crippen molar-refractivity contribution in [3.63, 3.8) is 0 Å². The van der Waals surface area contributed by atoms with Gasteiger partial charge in [0.05, 0.1) is 15.9 Å². The van der Waals surface area contributed by atoms with Gasteiger partial charge in [0.2, 0.25) is 9.84 Å². The van der Waals surface area contributed by atoms with E-state index in [0.717, 1.165) is 16.7 Å². The van der Waals surface area contributed by atoms with Crippen molar-refractivity contribution in [2.75, 3.05) is 19.7 Å². The average molecular weight is 580 g/mol. The Morgan fingerprint density at radius 2 is 1.50 bits per heavy atom. The summed E-state index contributed by atoms with van der Waals surface area (Å²) in [6, 6.07) is 29.7. The maximum absolute atomic E-state index is 13.1. The lowest BCUT2D eigenvalue weighted by molar-refractivity contribution is -0.139. The third-order valence-electron chi connectivity index (χ3n) is 6.36. The van der Waals surface area contributed by atoms with Crippen molar-refractivity contribution in [1.82, 2.24) is 4.90 Å². The van der Waals surface area contributed by atoms with Gasteiger partial charge < -0.3 is 14.9 Å². The zero-order valence-electron chi connectivity index (χ0n) is 21.7. The van der Waals surface area contributed by atoms with Crippen LogP contribution in [-0.4, -0.2) is 49.2 Å². The molecule has 0 heterocycles. The summed E-state index contributed by atoms with van der Waals surface area (Å²) in [5.74, 6) is -0.838. The summed E-state index contributed by atoms with van der Waals surface area (Å²) in [6.45, 7) is 1.21. The maximum Gasteiger partial charge on any atom is 0.341 e. The lowest BCUT2D eigenvalue weighted by atomic mass is 10.1. The molecule has 0 bridgehead atoms. The van der Waals surface area contributed by atoms with Crippen molar-refractivity contribution in [3.05, 3.63) is 125 Å². The SMILES string of the molecule is O=C(O)COc1ccc(S(=O)(=O)c2ccc(CCN(Cc3ccccc3)CC(O)c3cccc(Cl)c3)cc2)cc1. The van der Waals surface area contributed by atoms with Gasteiger partial charge in [0.1, 0.15) is 5.75 Å². The zero-order chi connectivity index (χ0) is 28.5. The topological polar surface area (TPSA) is 104 Å². The highest BCUT2D eigenvalue weighted by atomic mass is 35.5. The fourth-order valence-corrected chi connectivity index (χ4v) is 5.72. The van der Waals surface area contributed by atoms with Crippen molar-refractivity contribution < 1.29 is 28.2 Å². The summed E-state index contributed by atoms with van der Waals surface area (Å²) >= 11 is 6.12. The van der Waals surface area contributed by atoms with Gasteiger partial charge >= 0.3 is 5.97 Å². The molecule has 7 nitrogen and oxygen atoms in total. The van der Waals surface area contributed by atoms with Gasteiger partial charge in [0, 0.05) is 24.7 Å². The minimum Gasteiger partial charge on any atom is -0.482 e. The number of carboxylic acid groups (broad SMARTS) is 1. The Labute approximate surface area is 239 Å². The summed E-state index contributed by atoms with van der Waals surface area (Å²) in [6.07, 6.45) is -0.0544. The highest BCUT2D eigenvalue weighted by Crippen LogP contribution is 2.24. The average Bonchev–Trinajstić information content (AvgIpc) is 2.96. The van der Waals surface area contributed by atoms with E-state index in [-0.39, 0.29) is 15.5 Å². The van der Waals surface area contributed by atoms with Crippen LogP contribution in [0.2, 0.25) is 5.02 Å². The second-order valence-corrected chi connectivity index (χ2v) is 11.7. The van der Waals surface area contributed by atoms with E-state index in [1.165, 1.54) is 24.3 Å². The van der Waals surface area contributed by atoms with Crippen LogP contribution in [0.5, 0.6) is 5.75 Å². The Morgan fingerprint density at radius 1 is 0.850 bits per heavy atom. The molecule has 2 N–H and O–H groups in total. The molecule has 208 valence electrons. The van der Waals surface area contributed by atoms with Gasteiger partial charge in [-0.3, -0.25) is 4.90 Å². The first-order chi connectivity index (χ1) is 19.2. The largest absolute Gasteiger partial charge is 0.482 e. The number of rotatable bonds is 13. The van der Waals surface area contributed by atoms with Crippen molar-refractivity contribution >= 4 is 27.4 Å². The molecule has 1 unspecified atom stereocenters. The number of carboxylic acids is 1. The van der Waals surface area contributed by atoms with Crippen LogP contribution in [0.25, 0.3) is 0 Å². The fourth-order valence-electron chi connectivity index (χ4n) is 4.26. The first-order valence-electron chi connectivity index (χ1n) is 12.7. The summed E-state index contributed by atoms with van der Waals surface area (Å²) in [7, 11) is -3.75. The van der Waals surface area contributed by atoms with Crippen LogP contribution in [0.3, 0.4) is 0 Å². The van der Waals surface area contributed by atoms with Crippen molar-refractivity contribution in [2.45, 2.75) is 28.9 Å². The molecule has 0 saturated carbocycles. The van der Waals surface area contributed by atoms with Crippen molar-refractivity contribution in [1.29, 1.82) is 0 Å². The maximum atomic E-state index is 13.1. The monoisotopic (exact) mass is 579 g/mol. The minimum atomic E-state index is -3.75. The molecule has 4 aromatic carbocycles. The molecule has 9 heteroatoms. The van der Waals surface area contributed by atoms with Gasteiger partial charge in [-0.05, 0) is 71.6 Å². The number of hydrogen-bond donors (Lipinski definition) is 2. The van der Waals surface area contributed by atoms with Gasteiger partial charge in [-0.25, -0.2) is 13.2 Å². The van der Waals surface area contributed by atoms with E-state index in [9.17, 15) is 18.3 Å². The molecule has 0 saturated heterocycles. The number of nitrogens with zero attached hydrogens (tertiary/aromatic N) is 1. The molecule has 0 radical (unpaired) electrons. The van der Waals surface area contributed by atoms with Crippen LogP contribution in [0.1, 0.15) is 22.8 Å². The van der Waals surface area contributed by atoms with Gasteiger partial charge in [-0.15, -0.1) is 0 Å². The number of benzene rings is 4. The zero-order valence-corrected chi connectivity index (χ0v) is 23.3. The first-order valence-corrected chi connectivity index (χ1v) is 14.6. The molecule has 0 fully saturated rings. The number of ether oxygens (including phenoxy) is 1. The van der Waals surface area contributed by atoms with E-state index >= 15 is 0 Å². The quantitative estimate of drug-likeness (QED) is 0.218. The number of aliphatic hydroxyl groups excluding tert-OH is 1. The van der Waals surface area contributed by atoms with Crippen molar-refractivity contribution in [2.24, 2.45) is 0 Å². The minimum absolute atomic E-state index is 0.0898. The highest BCUT2D eigenvalue weighted by molar-refractivity contribution is 7.91. The van der Waals surface area contributed by atoms with E-state index in [4.69, 9.17) is 21.4 Å². The molecule has 0 aliphatic carbocycles. The molecule has 0 spiro atoms. The molecule has 1 atom stereocenters. The van der Waals surface area contributed by atoms with Gasteiger partial charge in [-0.1, -0.05) is 66.2 Å². The number of aliphatic hydroxyl groups is 1. The number of sulfone groups is 1. The van der Waals surface area contributed by atoms with Crippen LogP contribution in [-0.2, 0) is 27.6 Å². The van der Waals surface area contributed by atoms with Crippen LogP contribution in [0, 0.1) is 0 Å². The predicted molar refractivity (Wildman–Crippen MR) is 153 cm³/mol. The number of halogens is 1. The number of hydrogen-bond acceptors (Lipinski definition) is 6. The molecule has 0 amide bonds. The first kappa shape index (κ1) is 29.3. The van der Waals surface area contributed by atoms with Gasteiger partial charge in [-0.2, -0.15) is 0 Å². The summed E-state index contributed by atoms with van der Waals surface area (Å²) in [5, 5.41) is 20.2. The Balaban J connectivity index is 1.43. The third kappa shape index (κ3) is 8.16. The predicted octanol–water partition coefficient (Wildman–Crippen LogP) is 5.41. The molecule has 4 aromatic rings. The Morgan fingerprint density at radius 3 is 2.12 bits per heavy atom. The van der Waals surface area contributed by atoms with Crippen LogP contribution in [0.4, 0.5) is 0 Å². The smallest absolute Gasteiger partial charge is 0.341 e. The van der Waals surface area contributed by atoms with Gasteiger partial charge in [0.15, 0.2) is 6.61 Å². The highest BCUT2D eigenvalue weighted by Gasteiger charge is 2.19. The van der Waals surface area contributed by atoms with E-state index in [1.807, 2.05) is 42.5 Å². The number of carbonyl (C=O) groups is 1. The summed E-state index contributed by atoms with van der Waals surface area (Å²) in [4.78, 5) is 13.1. The molecule has 0 aliphatic heterocycles.